The third-order valence-electron chi connectivity index (χ3n) is 5.32. The van der Waals surface area contributed by atoms with E-state index in [0.717, 1.165) is 27.8 Å². The van der Waals surface area contributed by atoms with Crippen LogP contribution < -0.4 is 14.2 Å². The molecule has 2 amide bonds. The standard InChI is InChI=1S/C27H23ClFNO5S/c1-17-3-9-21(10-4-17)34-12-11-30-26(31)24(36-27(30)32)15-19-13-22(28)25(23(14-19)33-2)35-16-18-5-7-20(29)8-6-18/h3-10,13-15H,11-12,16H2,1-2H3/b24-15-. The van der Waals surface area contributed by atoms with Gasteiger partial charge in [0.2, 0.25) is 0 Å². The van der Waals surface area contributed by atoms with E-state index in [9.17, 15) is 14.0 Å². The predicted molar refractivity (Wildman–Crippen MR) is 138 cm³/mol. The van der Waals surface area contributed by atoms with Gasteiger partial charge in [-0.15, -0.1) is 0 Å². The minimum atomic E-state index is -0.399. The number of benzene rings is 3. The largest absolute Gasteiger partial charge is 0.493 e. The number of carbonyl (C=O) groups is 2. The van der Waals surface area contributed by atoms with Gasteiger partial charge in [-0.05, 0) is 72.3 Å². The van der Waals surface area contributed by atoms with Crippen molar-refractivity contribution in [2.24, 2.45) is 0 Å². The molecule has 0 spiro atoms. The minimum absolute atomic E-state index is 0.135. The summed E-state index contributed by atoms with van der Waals surface area (Å²) in [5.41, 5.74) is 2.45. The number of aryl methyl sites for hydroxylation is 1. The molecule has 0 unspecified atom stereocenters. The molecule has 0 N–H and O–H groups in total. The van der Waals surface area contributed by atoms with Gasteiger partial charge in [-0.2, -0.15) is 0 Å². The highest BCUT2D eigenvalue weighted by Gasteiger charge is 2.35. The first-order chi connectivity index (χ1) is 17.3. The predicted octanol–water partition coefficient (Wildman–Crippen LogP) is 6.49. The smallest absolute Gasteiger partial charge is 0.293 e. The number of thioether (sulfide) groups is 1. The Balaban J connectivity index is 1.43. The number of methoxy groups -OCH3 is 1. The van der Waals surface area contributed by atoms with Crippen molar-refractivity contribution in [1.29, 1.82) is 0 Å². The first kappa shape index (κ1) is 25.6. The van der Waals surface area contributed by atoms with Crippen LogP contribution in [0.1, 0.15) is 16.7 Å². The van der Waals surface area contributed by atoms with Crippen LogP contribution in [0.3, 0.4) is 0 Å². The quantitative estimate of drug-likeness (QED) is 0.296. The molecule has 0 atom stereocenters. The summed E-state index contributed by atoms with van der Waals surface area (Å²) in [6.45, 7) is 2.47. The summed E-state index contributed by atoms with van der Waals surface area (Å²) >= 11 is 7.29. The molecule has 0 aliphatic carbocycles. The molecule has 6 nitrogen and oxygen atoms in total. The van der Waals surface area contributed by atoms with Gasteiger partial charge in [0.05, 0.1) is 23.6 Å². The summed E-state index contributed by atoms with van der Waals surface area (Å²) < 4.78 is 30.0. The molecular formula is C27H23ClFNO5S. The van der Waals surface area contributed by atoms with E-state index in [-0.39, 0.29) is 40.7 Å². The van der Waals surface area contributed by atoms with Gasteiger partial charge in [0.25, 0.3) is 11.1 Å². The lowest BCUT2D eigenvalue weighted by atomic mass is 10.1. The molecular weight excluding hydrogens is 505 g/mol. The number of carbonyl (C=O) groups excluding carboxylic acids is 2. The third kappa shape index (κ3) is 6.19. The fourth-order valence-corrected chi connectivity index (χ4v) is 4.57. The fourth-order valence-electron chi connectivity index (χ4n) is 3.43. The normalized spacial score (nSPS) is 14.4. The number of hydrogen-bond acceptors (Lipinski definition) is 6. The lowest BCUT2D eigenvalue weighted by Crippen LogP contribution is -2.32. The average Bonchev–Trinajstić information content (AvgIpc) is 3.12. The van der Waals surface area contributed by atoms with E-state index in [1.165, 1.54) is 19.2 Å². The number of amides is 2. The molecule has 9 heteroatoms. The third-order valence-corrected chi connectivity index (χ3v) is 6.51. The van der Waals surface area contributed by atoms with Crippen LogP contribution >= 0.6 is 23.4 Å². The Labute approximate surface area is 217 Å². The van der Waals surface area contributed by atoms with E-state index < -0.39 is 5.91 Å². The van der Waals surface area contributed by atoms with Gasteiger partial charge in [-0.3, -0.25) is 14.5 Å². The van der Waals surface area contributed by atoms with Crippen LogP contribution in [-0.4, -0.2) is 36.3 Å². The Morgan fingerprint density at radius 1 is 1.03 bits per heavy atom. The second-order valence-corrected chi connectivity index (χ2v) is 9.34. The zero-order valence-corrected chi connectivity index (χ0v) is 21.2. The van der Waals surface area contributed by atoms with E-state index in [0.29, 0.717) is 22.8 Å². The molecule has 1 aliphatic heterocycles. The van der Waals surface area contributed by atoms with Gasteiger partial charge in [-0.25, -0.2) is 4.39 Å². The van der Waals surface area contributed by atoms with Gasteiger partial charge in [0, 0.05) is 0 Å². The van der Waals surface area contributed by atoms with Crippen molar-refractivity contribution >= 4 is 40.6 Å². The summed E-state index contributed by atoms with van der Waals surface area (Å²) in [4.78, 5) is 26.7. The topological polar surface area (TPSA) is 65.1 Å². The molecule has 0 bridgehead atoms. The molecule has 36 heavy (non-hydrogen) atoms. The van der Waals surface area contributed by atoms with Crippen LogP contribution in [-0.2, 0) is 11.4 Å². The van der Waals surface area contributed by atoms with Crippen LogP contribution in [0, 0.1) is 12.7 Å². The first-order valence-corrected chi connectivity index (χ1v) is 12.2. The van der Waals surface area contributed by atoms with Crippen molar-refractivity contribution in [3.8, 4) is 17.2 Å². The monoisotopic (exact) mass is 527 g/mol. The zero-order chi connectivity index (χ0) is 25.7. The van der Waals surface area contributed by atoms with Crippen molar-refractivity contribution in [3.05, 3.63) is 93.1 Å². The Morgan fingerprint density at radius 2 is 1.75 bits per heavy atom. The number of hydrogen-bond donors (Lipinski definition) is 0. The lowest BCUT2D eigenvalue weighted by Gasteiger charge is -2.14. The van der Waals surface area contributed by atoms with E-state index in [2.05, 4.69) is 0 Å². The summed E-state index contributed by atoms with van der Waals surface area (Å²) in [6.07, 6.45) is 1.59. The molecule has 1 heterocycles. The maximum absolute atomic E-state index is 13.1. The fraction of sp³-hybridized carbons (Fsp3) is 0.185. The van der Waals surface area contributed by atoms with Gasteiger partial charge in [-0.1, -0.05) is 41.4 Å². The van der Waals surface area contributed by atoms with Gasteiger partial charge >= 0.3 is 0 Å². The summed E-state index contributed by atoms with van der Waals surface area (Å²) in [5.74, 6) is 0.626. The summed E-state index contributed by atoms with van der Waals surface area (Å²) in [5, 5.41) is -0.0930. The number of ether oxygens (including phenoxy) is 3. The van der Waals surface area contributed by atoms with Crippen molar-refractivity contribution in [2.75, 3.05) is 20.3 Å². The Kier molecular flexibility index (Phi) is 8.18. The van der Waals surface area contributed by atoms with Crippen LogP contribution in [0.2, 0.25) is 5.02 Å². The molecule has 1 fully saturated rings. The van der Waals surface area contributed by atoms with E-state index in [4.69, 9.17) is 25.8 Å². The van der Waals surface area contributed by atoms with E-state index >= 15 is 0 Å². The molecule has 0 aromatic heterocycles. The lowest BCUT2D eigenvalue weighted by molar-refractivity contribution is -0.123. The highest BCUT2D eigenvalue weighted by Crippen LogP contribution is 2.39. The maximum atomic E-state index is 13.1. The number of imide groups is 1. The van der Waals surface area contributed by atoms with Gasteiger partial charge < -0.3 is 14.2 Å². The first-order valence-electron chi connectivity index (χ1n) is 11.0. The Bertz CT molecular complexity index is 1290. The zero-order valence-electron chi connectivity index (χ0n) is 19.6. The molecule has 3 aromatic rings. The summed E-state index contributed by atoms with van der Waals surface area (Å²) in [7, 11) is 1.47. The summed E-state index contributed by atoms with van der Waals surface area (Å²) in [6, 6.07) is 16.8. The second-order valence-electron chi connectivity index (χ2n) is 7.94. The highest BCUT2D eigenvalue weighted by atomic mass is 35.5. The van der Waals surface area contributed by atoms with Crippen molar-refractivity contribution < 1.29 is 28.2 Å². The van der Waals surface area contributed by atoms with Gasteiger partial charge in [0.1, 0.15) is 24.8 Å². The van der Waals surface area contributed by atoms with Crippen LogP contribution in [0.25, 0.3) is 6.08 Å². The highest BCUT2D eigenvalue weighted by molar-refractivity contribution is 8.18. The molecule has 186 valence electrons. The molecule has 1 aliphatic rings. The van der Waals surface area contributed by atoms with Crippen molar-refractivity contribution in [3.63, 3.8) is 0 Å². The Morgan fingerprint density at radius 3 is 2.44 bits per heavy atom. The minimum Gasteiger partial charge on any atom is -0.493 e. The van der Waals surface area contributed by atoms with Crippen LogP contribution in [0.15, 0.2) is 65.6 Å². The van der Waals surface area contributed by atoms with Crippen LogP contribution in [0.5, 0.6) is 17.2 Å². The van der Waals surface area contributed by atoms with Crippen molar-refractivity contribution in [2.45, 2.75) is 13.5 Å². The van der Waals surface area contributed by atoms with Crippen LogP contribution in [0.4, 0.5) is 9.18 Å². The number of nitrogens with zero attached hydrogens (tertiary/aromatic N) is 1. The number of halogens is 2. The van der Waals surface area contributed by atoms with Crippen molar-refractivity contribution in [1.82, 2.24) is 4.90 Å². The average molecular weight is 528 g/mol. The second kappa shape index (κ2) is 11.5. The molecule has 0 radical (unpaired) electrons. The molecule has 1 saturated heterocycles. The number of rotatable bonds is 9. The molecule has 4 rings (SSSR count). The maximum Gasteiger partial charge on any atom is 0.293 e. The van der Waals surface area contributed by atoms with E-state index in [1.54, 1.807) is 30.3 Å². The molecule has 3 aromatic carbocycles. The SMILES string of the molecule is COc1cc(/C=C2\SC(=O)N(CCOc3ccc(C)cc3)C2=O)cc(Cl)c1OCc1ccc(F)cc1. The molecule has 0 saturated carbocycles. The van der Waals surface area contributed by atoms with E-state index in [1.807, 2.05) is 31.2 Å². The van der Waals surface area contributed by atoms with Gasteiger partial charge in [0.15, 0.2) is 11.5 Å². The Hall–Kier alpha value is -3.49.